The molecule has 0 aromatic heterocycles. The summed E-state index contributed by atoms with van der Waals surface area (Å²) in [4.78, 5) is 28.6. The lowest BCUT2D eigenvalue weighted by molar-refractivity contribution is -0.139. The summed E-state index contributed by atoms with van der Waals surface area (Å²) in [6.07, 6.45) is 3.80. The summed E-state index contributed by atoms with van der Waals surface area (Å²) in [6.45, 7) is 4.54. The van der Waals surface area contributed by atoms with Crippen LogP contribution in [-0.2, 0) is 26.2 Å². The van der Waals surface area contributed by atoms with E-state index in [1.807, 2.05) is 13.0 Å². The molecule has 3 aromatic carbocycles. The Bertz CT molecular complexity index is 1460. The third-order valence-electron chi connectivity index (χ3n) is 7.40. The maximum Gasteiger partial charge on any atom is 0.264 e. The summed E-state index contributed by atoms with van der Waals surface area (Å²) in [7, 11) is -4.15. The van der Waals surface area contributed by atoms with Crippen molar-refractivity contribution >= 4 is 27.5 Å². The number of benzene rings is 3. The van der Waals surface area contributed by atoms with E-state index in [9.17, 15) is 22.4 Å². The maximum atomic E-state index is 14.7. The predicted molar refractivity (Wildman–Crippen MR) is 154 cm³/mol. The molecular weight excluding hydrogens is 529 g/mol. The highest BCUT2D eigenvalue weighted by atomic mass is 32.2. The molecule has 0 radical (unpaired) electrons. The Hall–Kier alpha value is -3.72. The first-order valence-corrected chi connectivity index (χ1v) is 15.0. The average molecular weight is 566 g/mol. The van der Waals surface area contributed by atoms with E-state index >= 15 is 0 Å². The number of sulfonamides is 1. The molecule has 0 saturated heterocycles. The van der Waals surface area contributed by atoms with Gasteiger partial charge in [0.05, 0.1) is 10.6 Å². The highest BCUT2D eigenvalue weighted by Crippen LogP contribution is 2.28. The van der Waals surface area contributed by atoms with Crippen molar-refractivity contribution in [1.29, 1.82) is 0 Å². The number of aryl methyl sites for hydroxylation is 2. The van der Waals surface area contributed by atoms with Crippen molar-refractivity contribution in [2.75, 3.05) is 10.8 Å². The van der Waals surface area contributed by atoms with Crippen LogP contribution in [0.2, 0.25) is 0 Å². The fraction of sp³-hybridized carbons (Fsp3) is 0.355. The maximum absolute atomic E-state index is 14.7. The number of rotatable bonds is 10. The minimum atomic E-state index is -4.15. The van der Waals surface area contributed by atoms with Crippen LogP contribution in [0.5, 0.6) is 0 Å². The van der Waals surface area contributed by atoms with E-state index in [0.29, 0.717) is 11.3 Å². The van der Waals surface area contributed by atoms with Crippen LogP contribution in [-0.4, -0.2) is 43.8 Å². The van der Waals surface area contributed by atoms with Gasteiger partial charge >= 0.3 is 0 Å². The molecule has 212 valence electrons. The standard InChI is InChI=1S/C31H36FN3O4S/c1-22-17-18-29(23(2)19-22)35(40(38,39)27-14-5-4-6-15-27)21-30(36)34(20-25-11-7-10-16-28(25)32)24(3)31(37)33-26-12-8-9-13-26/h4-7,10-11,14-19,24,26H,8-9,12-13,20-21H2,1-3H3,(H,33,37)/t24-/m1/s1. The van der Waals surface area contributed by atoms with Crippen molar-refractivity contribution in [3.05, 3.63) is 95.3 Å². The smallest absolute Gasteiger partial charge is 0.264 e. The minimum absolute atomic E-state index is 0.0329. The van der Waals surface area contributed by atoms with Crippen molar-refractivity contribution in [3.8, 4) is 0 Å². The summed E-state index contributed by atoms with van der Waals surface area (Å²) >= 11 is 0. The Morgan fingerprint density at radius 1 is 0.975 bits per heavy atom. The molecule has 40 heavy (non-hydrogen) atoms. The number of carbonyl (C=O) groups excluding carboxylic acids is 2. The van der Waals surface area contributed by atoms with E-state index in [1.54, 1.807) is 62.4 Å². The normalized spacial score (nSPS) is 14.5. The quantitative estimate of drug-likeness (QED) is 0.370. The summed E-state index contributed by atoms with van der Waals surface area (Å²) in [5, 5.41) is 3.01. The molecule has 4 rings (SSSR count). The molecule has 2 amide bonds. The molecular formula is C31H36FN3O4S. The summed E-state index contributed by atoms with van der Waals surface area (Å²) < 4.78 is 43.5. The van der Waals surface area contributed by atoms with Gasteiger partial charge in [-0.25, -0.2) is 12.8 Å². The number of nitrogens with zero attached hydrogens (tertiary/aromatic N) is 2. The highest BCUT2D eigenvalue weighted by Gasteiger charge is 2.34. The predicted octanol–water partition coefficient (Wildman–Crippen LogP) is 5.11. The topological polar surface area (TPSA) is 86.8 Å². The molecule has 0 bridgehead atoms. The third kappa shape index (κ3) is 6.70. The van der Waals surface area contributed by atoms with Gasteiger partial charge in [-0.3, -0.25) is 13.9 Å². The molecule has 7 nitrogen and oxygen atoms in total. The highest BCUT2D eigenvalue weighted by molar-refractivity contribution is 7.92. The Kier molecular flexibility index (Phi) is 9.25. The van der Waals surface area contributed by atoms with Gasteiger partial charge in [0.1, 0.15) is 18.4 Å². The molecule has 1 aliphatic carbocycles. The third-order valence-corrected chi connectivity index (χ3v) is 9.17. The van der Waals surface area contributed by atoms with Crippen LogP contribution in [0, 0.1) is 19.7 Å². The van der Waals surface area contributed by atoms with Crippen molar-refractivity contribution in [2.45, 2.75) is 70.0 Å². The SMILES string of the molecule is Cc1ccc(N(CC(=O)N(Cc2ccccc2F)[C@H](C)C(=O)NC2CCCC2)S(=O)(=O)c2ccccc2)c(C)c1. The fourth-order valence-electron chi connectivity index (χ4n) is 5.10. The lowest BCUT2D eigenvalue weighted by Crippen LogP contribution is -2.52. The number of anilines is 1. The molecule has 0 heterocycles. The van der Waals surface area contributed by atoms with Gasteiger partial charge in [-0.1, -0.05) is 66.9 Å². The zero-order valence-corrected chi connectivity index (χ0v) is 24.0. The molecule has 1 saturated carbocycles. The Morgan fingerprint density at radius 3 is 2.27 bits per heavy atom. The van der Waals surface area contributed by atoms with Crippen molar-refractivity contribution in [3.63, 3.8) is 0 Å². The molecule has 1 N–H and O–H groups in total. The van der Waals surface area contributed by atoms with Gasteiger partial charge in [0.25, 0.3) is 10.0 Å². The van der Waals surface area contributed by atoms with Gasteiger partial charge in [0.2, 0.25) is 11.8 Å². The summed E-state index contributed by atoms with van der Waals surface area (Å²) in [6, 6.07) is 18.4. The van der Waals surface area contributed by atoms with Crippen LogP contribution in [0.3, 0.4) is 0 Å². The molecule has 1 aliphatic rings. The van der Waals surface area contributed by atoms with E-state index in [-0.39, 0.29) is 29.0 Å². The van der Waals surface area contributed by atoms with Gasteiger partial charge in [-0.15, -0.1) is 0 Å². The second-order valence-electron chi connectivity index (χ2n) is 10.4. The number of hydrogen-bond acceptors (Lipinski definition) is 4. The van der Waals surface area contributed by atoms with Crippen LogP contribution in [0.15, 0.2) is 77.7 Å². The monoisotopic (exact) mass is 565 g/mol. The lowest BCUT2D eigenvalue weighted by atomic mass is 10.1. The summed E-state index contributed by atoms with van der Waals surface area (Å²) in [5.41, 5.74) is 2.22. The van der Waals surface area contributed by atoms with E-state index < -0.39 is 34.3 Å². The molecule has 1 fully saturated rings. The Morgan fingerprint density at radius 2 is 1.62 bits per heavy atom. The van der Waals surface area contributed by atoms with Gasteiger partial charge < -0.3 is 10.2 Å². The number of nitrogens with one attached hydrogen (secondary N) is 1. The zero-order valence-electron chi connectivity index (χ0n) is 23.1. The van der Waals surface area contributed by atoms with Gasteiger partial charge in [0.15, 0.2) is 0 Å². The van der Waals surface area contributed by atoms with Crippen LogP contribution in [0.4, 0.5) is 10.1 Å². The molecule has 0 unspecified atom stereocenters. The Labute approximate surface area is 236 Å². The zero-order chi connectivity index (χ0) is 28.9. The summed E-state index contributed by atoms with van der Waals surface area (Å²) in [5.74, 6) is -1.47. The van der Waals surface area contributed by atoms with Gasteiger partial charge in [0, 0.05) is 18.2 Å². The number of hydrogen-bond donors (Lipinski definition) is 1. The van der Waals surface area contributed by atoms with E-state index in [4.69, 9.17) is 0 Å². The van der Waals surface area contributed by atoms with E-state index in [1.165, 1.54) is 23.1 Å². The van der Waals surface area contributed by atoms with Crippen LogP contribution in [0.1, 0.15) is 49.3 Å². The minimum Gasteiger partial charge on any atom is -0.352 e. The fourth-order valence-corrected chi connectivity index (χ4v) is 6.60. The van der Waals surface area contributed by atoms with Gasteiger partial charge in [-0.05, 0) is 63.4 Å². The van der Waals surface area contributed by atoms with Crippen LogP contribution >= 0.6 is 0 Å². The second kappa shape index (κ2) is 12.6. The molecule has 3 aromatic rings. The first-order valence-electron chi connectivity index (χ1n) is 13.6. The van der Waals surface area contributed by atoms with Crippen LogP contribution in [0.25, 0.3) is 0 Å². The molecule has 0 aliphatic heterocycles. The number of amides is 2. The molecule has 9 heteroatoms. The van der Waals surface area contributed by atoms with Crippen molar-refractivity contribution in [2.24, 2.45) is 0 Å². The first-order chi connectivity index (χ1) is 19.1. The molecule has 1 atom stereocenters. The van der Waals surface area contributed by atoms with Gasteiger partial charge in [-0.2, -0.15) is 0 Å². The largest absolute Gasteiger partial charge is 0.352 e. The number of carbonyl (C=O) groups is 2. The second-order valence-corrected chi connectivity index (χ2v) is 12.3. The molecule has 0 spiro atoms. The lowest BCUT2D eigenvalue weighted by Gasteiger charge is -2.33. The van der Waals surface area contributed by atoms with Crippen molar-refractivity contribution in [1.82, 2.24) is 10.2 Å². The van der Waals surface area contributed by atoms with E-state index in [0.717, 1.165) is 35.6 Å². The Balaban J connectivity index is 1.71. The van der Waals surface area contributed by atoms with Crippen LogP contribution < -0.4 is 9.62 Å². The van der Waals surface area contributed by atoms with Crippen molar-refractivity contribution < 1.29 is 22.4 Å². The number of halogens is 1. The first kappa shape index (κ1) is 29.3. The average Bonchev–Trinajstić information content (AvgIpc) is 3.44. The van der Waals surface area contributed by atoms with E-state index in [2.05, 4.69) is 5.32 Å².